The summed E-state index contributed by atoms with van der Waals surface area (Å²) in [6.07, 6.45) is 0.495. The SMILES string of the molecule is COc1ccc(F)cc1[C@H]1C[C@@H]1CNC(=O)OC(C)(C)C. The van der Waals surface area contributed by atoms with Crippen LogP contribution in [0.15, 0.2) is 18.2 Å². The van der Waals surface area contributed by atoms with Crippen LogP contribution in [-0.2, 0) is 4.74 Å². The van der Waals surface area contributed by atoms with Crippen LogP contribution in [0.2, 0.25) is 0 Å². The topological polar surface area (TPSA) is 47.6 Å². The van der Waals surface area contributed by atoms with Crippen LogP contribution in [0.1, 0.15) is 38.7 Å². The van der Waals surface area contributed by atoms with Crippen LogP contribution in [0, 0.1) is 11.7 Å². The number of amides is 1. The van der Waals surface area contributed by atoms with Crippen molar-refractivity contribution in [1.82, 2.24) is 5.32 Å². The van der Waals surface area contributed by atoms with Gasteiger partial charge < -0.3 is 14.8 Å². The molecule has 0 heterocycles. The summed E-state index contributed by atoms with van der Waals surface area (Å²) in [5.41, 5.74) is 0.368. The van der Waals surface area contributed by atoms with E-state index in [9.17, 15) is 9.18 Å². The molecule has 2 atom stereocenters. The van der Waals surface area contributed by atoms with Gasteiger partial charge in [0.05, 0.1) is 7.11 Å². The first-order chi connectivity index (χ1) is 9.80. The lowest BCUT2D eigenvalue weighted by Gasteiger charge is -2.19. The van der Waals surface area contributed by atoms with E-state index in [0.717, 1.165) is 12.0 Å². The molecule has 1 aliphatic carbocycles. The molecule has 0 bridgehead atoms. The first-order valence-corrected chi connectivity index (χ1v) is 7.10. The summed E-state index contributed by atoms with van der Waals surface area (Å²) in [5.74, 6) is 0.955. The molecule has 1 aliphatic rings. The number of ether oxygens (including phenoxy) is 2. The van der Waals surface area contributed by atoms with Gasteiger partial charge in [0.15, 0.2) is 0 Å². The maximum absolute atomic E-state index is 13.4. The highest BCUT2D eigenvalue weighted by Gasteiger charge is 2.40. The Morgan fingerprint density at radius 2 is 2.14 bits per heavy atom. The molecule has 0 spiro atoms. The number of nitrogens with one attached hydrogen (secondary N) is 1. The number of carbonyl (C=O) groups excluding carboxylic acids is 1. The molecule has 1 saturated carbocycles. The molecular weight excluding hydrogens is 273 g/mol. The van der Waals surface area contributed by atoms with E-state index in [1.165, 1.54) is 12.1 Å². The molecule has 5 heteroatoms. The van der Waals surface area contributed by atoms with Gasteiger partial charge in [-0.15, -0.1) is 0 Å². The lowest BCUT2D eigenvalue weighted by atomic mass is 10.1. The highest BCUT2D eigenvalue weighted by atomic mass is 19.1. The lowest BCUT2D eigenvalue weighted by molar-refractivity contribution is 0.0525. The summed E-state index contributed by atoms with van der Waals surface area (Å²) >= 11 is 0. The van der Waals surface area contributed by atoms with Gasteiger partial charge in [-0.3, -0.25) is 0 Å². The van der Waals surface area contributed by atoms with Crippen LogP contribution in [0.25, 0.3) is 0 Å². The highest BCUT2D eigenvalue weighted by Crippen LogP contribution is 2.50. The molecule has 0 aliphatic heterocycles. The van der Waals surface area contributed by atoms with Gasteiger partial charge in [0.25, 0.3) is 0 Å². The average molecular weight is 295 g/mol. The quantitative estimate of drug-likeness (QED) is 0.925. The predicted molar refractivity (Wildman–Crippen MR) is 78.0 cm³/mol. The van der Waals surface area contributed by atoms with Gasteiger partial charge in [-0.2, -0.15) is 0 Å². The Labute approximate surface area is 124 Å². The van der Waals surface area contributed by atoms with Crippen LogP contribution in [0.4, 0.5) is 9.18 Å². The van der Waals surface area contributed by atoms with E-state index in [4.69, 9.17) is 9.47 Å². The zero-order valence-corrected chi connectivity index (χ0v) is 12.9. The van der Waals surface area contributed by atoms with Crippen molar-refractivity contribution in [2.24, 2.45) is 5.92 Å². The number of carbonyl (C=O) groups is 1. The molecule has 1 fully saturated rings. The molecule has 21 heavy (non-hydrogen) atoms. The van der Waals surface area contributed by atoms with Gasteiger partial charge in [0, 0.05) is 12.1 Å². The number of alkyl carbamates (subject to hydrolysis) is 1. The molecule has 1 N–H and O–H groups in total. The second-order valence-corrected chi connectivity index (χ2v) is 6.37. The van der Waals surface area contributed by atoms with Gasteiger partial charge in [0.2, 0.25) is 0 Å². The number of rotatable bonds is 4. The van der Waals surface area contributed by atoms with Crippen LogP contribution >= 0.6 is 0 Å². The van der Waals surface area contributed by atoms with Gasteiger partial charge in [0.1, 0.15) is 17.2 Å². The molecule has 1 aromatic carbocycles. The number of methoxy groups -OCH3 is 1. The monoisotopic (exact) mass is 295 g/mol. The van der Waals surface area contributed by atoms with E-state index in [0.29, 0.717) is 18.2 Å². The number of hydrogen-bond acceptors (Lipinski definition) is 3. The van der Waals surface area contributed by atoms with Crippen molar-refractivity contribution in [3.63, 3.8) is 0 Å². The van der Waals surface area contributed by atoms with Crippen molar-refractivity contribution in [1.29, 1.82) is 0 Å². The molecular formula is C16H22FNO3. The Bertz CT molecular complexity index is 525. The maximum atomic E-state index is 13.4. The standard InChI is InChI=1S/C16H22FNO3/c1-16(2,3)21-15(19)18-9-10-7-12(10)13-8-11(17)5-6-14(13)20-4/h5-6,8,10,12H,7,9H2,1-4H3,(H,18,19)/t10-,12+/m1/s1. The first kappa shape index (κ1) is 15.6. The fourth-order valence-electron chi connectivity index (χ4n) is 2.38. The molecule has 0 radical (unpaired) electrons. The normalized spacial score (nSPS) is 20.8. The van der Waals surface area contributed by atoms with Crippen LogP contribution < -0.4 is 10.1 Å². The third-order valence-electron chi connectivity index (χ3n) is 3.42. The van der Waals surface area contributed by atoms with E-state index in [-0.39, 0.29) is 11.7 Å². The third-order valence-corrected chi connectivity index (χ3v) is 3.42. The average Bonchev–Trinajstić information content (AvgIpc) is 3.13. The van der Waals surface area contributed by atoms with Crippen molar-refractivity contribution < 1.29 is 18.7 Å². The second kappa shape index (κ2) is 5.92. The van der Waals surface area contributed by atoms with E-state index < -0.39 is 11.7 Å². The predicted octanol–water partition coefficient (Wildman–Crippen LogP) is 3.46. The zero-order valence-electron chi connectivity index (χ0n) is 12.9. The summed E-state index contributed by atoms with van der Waals surface area (Å²) < 4.78 is 23.8. The Kier molecular flexibility index (Phi) is 4.40. The fraction of sp³-hybridized carbons (Fsp3) is 0.562. The minimum atomic E-state index is -0.501. The third kappa shape index (κ3) is 4.34. The van der Waals surface area contributed by atoms with Crippen LogP contribution in [0.3, 0.4) is 0 Å². The lowest BCUT2D eigenvalue weighted by Crippen LogP contribution is -2.33. The first-order valence-electron chi connectivity index (χ1n) is 7.10. The van der Waals surface area contributed by atoms with Crippen molar-refractivity contribution in [2.75, 3.05) is 13.7 Å². The van der Waals surface area contributed by atoms with Crippen molar-refractivity contribution in [3.8, 4) is 5.75 Å². The molecule has 4 nitrogen and oxygen atoms in total. The largest absolute Gasteiger partial charge is 0.496 e. The minimum absolute atomic E-state index is 0.227. The Morgan fingerprint density at radius 3 is 2.76 bits per heavy atom. The maximum Gasteiger partial charge on any atom is 0.407 e. The van der Waals surface area contributed by atoms with E-state index >= 15 is 0 Å². The van der Waals surface area contributed by atoms with Gasteiger partial charge in [-0.1, -0.05) is 0 Å². The molecule has 0 saturated heterocycles. The summed E-state index contributed by atoms with van der Waals surface area (Å²) in [6.45, 7) is 6.00. The molecule has 1 aromatic rings. The van der Waals surface area contributed by atoms with E-state index in [1.54, 1.807) is 13.2 Å². The van der Waals surface area contributed by atoms with Crippen molar-refractivity contribution in [3.05, 3.63) is 29.6 Å². The number of benzene rings is 1. The van der Waals surface area contributed by atoms with Gasteiger partial charge >= 0.3 is 6.09 Å². The Morgan fingerprint density at radius 1 is 1.43 bits per heavy atom. The van der Waals surface area contributed by atoms with Gasteiger partial charge in [-0.25, -0.2) is 9.18 Å². The highest BCUT2D eigenvalue weighted by molar-refractivity contribution is 5.67. The van der Waals surface area contributed by atoms with Gasteiger partial charge in [-0.05, 0) is 57.2 Å². The second-order valence-electron chi connectivity index (χ2n) is 6.37. The fourth-order valence-corrected chi connectivity index (χ4v) is 2.38. The van der Waals surface area contributed by atoms with Crippen LogP contribution in [-0.4, -0.2) is 25.3 Å². The van der Waals surface area contributed by atoms with E-state index in [1.807, 2.05) is 20.8 Å². The number of halogens is 1. The number of hydrogen-bond donors (Lipinski definition) is 1. The summed E-state index contributed by atoms with van der Waals surface area (Å²) in [4.78, 5) is 11.6. The summed E-state index contributed by atoms with van der Waals surface area (Å²) in [7, 11) is 1.58. The molecule has 1 amide bonds. The summed E-state index contributed by atoms with van der Waals surface area (Å²) in [6, 6.07) is 4.54. The molecule has 0 aromatic heterocycles. The van der Waals surface area contributed by atoms with Crippen molar-refractivity contribution >= 4 is 6.09 Å². The summed E-state index contributed by atoms with van der Waals surface area (Å²) in [5, 5.41) is 2.76. The zero-order chi connectivity index (χ0) is 15.6. The minimum Gasteiger partial charge on any atom is -0.496 e. The van der Waals surface area contributed by atoms with Crippen LogP contribution in [0.5, 0.6) is 5.75 Å². The molecule has 2 rings (SSSR count). The Balaban J connectivity index is 1.88. The Hall–Kier alpha value is -1.78. The smallest absolute Gasteiger partial charge is 0.407 e. The molecule has 0 unspecified atom stereocenters. The molecule has 116 valence electrons. The van der Waals surface area contributed by atoms with E-state index in [2.05, 4.69) is 5.32 Å². The van der Waals surface area contributed by atoms with Crippen molar-refractivity contribution in [2.45, 2.75) is 38.7 Å².